The fourth-order valence-electron chi connectivity index (χ4n) is 0.830. The van der Waals surface area contributed by atoms with Gasteiger partial charge in [-0.3, -0.25) is 0 Å². The molecule has 0 spiro atoms. The van der Waals surface area contributed by atoms with Crippen molar-refractivity contribution in [1.82, 2.24) is 5.32 Å². The van der Waals surface area contributed by atoms with Crippen LogP contribution in [0.3, 0.4) is 0 Å². The molecule has 0 aliphatic heterocycles. The molecule has 0 bridgehead atoms. The van der Waals surface area contributed by atoms with Crippen LogP contribution in [-0.2, 0) is 0 Å². The first-order chi connectivity index (χ1) is 5.81. The topological polar surface area (TPSA) is 52.5 Å². The number of rotatable bonds is 8. The zero-order chi connectivity index (χ0) is 9.23. The lowest BCUT2D eigenvalue weighted by molar-refractivity contribution is 0.0945. The van der Waals surface area contributed by atoms with E-state index in [-0.39, 0.29) is 6.61 Å². The maximum absolute atomic E-state index is 8.94. The molecule has 3 nitrogen and oxygen atoms in total. The average molecular weight is 193 g/mol. The van der Waals surface area contributed by atoms with Gasteiger partial charge in [-0.05, 0) is 31.4 Å². The highest BCUT2D eigenvalue weighted by molar-refractivity contribution is 7.98. The van der Waals surface area contributed by atoms with Crippen molar-refractivity contribution in [3.05, 3.63) is 0 Å². The normalized spacial score (nSPS) is 13.2. The molecule has 0 heterocycles. The highest BCUT2D eigenvalue weighted by Crippen LogP contribution is 1.97. The van der Waals surface area contributed by atoms with Gasteiger partial charge in [-0.15, -0.1) is 0 Å². The first-order valence-corrected chi connectivity index (χ1v) is 5.69. The third-order valence-electron chi connectivity index (χ3n) is 1.54. The minimum Gasteiger partial charge on any atom is -0.394 e. The summed E-state index contributed by atoms with van der Waals surface area (Å²) in [6, 6.07) is 0. The minimum absolute atomic E-state index is 0.155. The van der Waals surface area contributed by atoms with Crippen molar-refractivity contribution in [3.63, 3.8) is 0 Å². The van der Waals surface area contributed by atoms with Crippen molar-refractivity contribution in [2.24, 2.45) is 0 Å². The molecule has 12 heavy (non-hydrogen) atoms. The number of aliphatic hydroxyl groups excluding tert-OH is 2. The molecular formula is C8H19NO2S. The molecule has 0 saturated carbocycles. The smallest absolute Gasteiger partial charge is 0.0894 e. The van der Waals surface area contributed by atoms with Crippen LogP contribution in [0.15, 0.2) is 0 Å². The number of unbranched alkanes of at least 4 members (excludes halogenated alkanes) is 1. The Morgan fingerprint density at radius 2 is 2.17 bits per heavy atom. The van der Waals surface area contributed by atoms with E-state index in [1.165, 1.54) is 12.2 Å². The van der Waals surface area contributed by atoms with Crippen molar-refractivity contribution in [2.45, 2.75) is 18.9 Å². The quantitative estimate of drug-likeness (QED) is 0.478. The zero-order valence-corrected chi connectivity index (χ0v) is 8.44. The fraction of sp³-hybridized carbons (Fsp3) is 1.00. The van der Waals surface area contributed by atoms with Crippen LogP contribution in [0, 0.1) is 0 Å². The second-order valence-corrected chi connectivity index (χ2v) is 3.73. The van der Waals surface area contributed by atoms with E-state index in [4.69, 9.17) is 10.2 Å². The molecule has 0 amide bonds. The number of aliphatic hydroxyl groups is 2. The van der Waals surface area contributed by atoms with Gasteiger partial charge in [0, 0.05) is 6.54 Å². The van der Waals surface area contributed by atoms with Crippen LogP contribution in [-0.4, -0.2) is 48.0 Å². The van der Waals surface area contributed by atoms with Gasteiger partial charge in [0.2, 0.25) is 0 Å². The summed E-state index contributed by atoms with van der Waals surface area (Å²) >= 11 is 1.85. The molecule has 0 aliphatic rings. The van der Waals surface area contributed by atoms with Gasteiger partial charge in [-0.1, -0.05) is 0 Å². The Morgan fingerprint density at radius 3 is 2.75 bits per heavy atom. The van der Waals surface area contributed by atoms with E-state index in [9.17, 15) is 0 Å². The van der Waals surface area contributed by atoms with Gasteiger partial charge in [0.05, 0.1) is 12.7 Å². The molecule has 0 aliphatic carbocycles. The van der Waals surface area contributed by atoms with Crippen molar-refractivity contribution in [2.75, 3.05) is 31.7 Å². The Bertz CT molecular complexity index is 93.1. The second kappa shape index (κ2) is 9.32. The molecular weight excluding hydrogens is 174 g/mol. The number of nitrogens with one attached hydrogen (secondary N) is 1. The Balaban J connectivity index is 2.90. The third-order valence-corrected chi connectivity index (χ3v) is 2.24. The Labute approximate surface area is 78.6 Å². The maximum Gasteiger partial charge on any atom is 0.0894 e. The molecule has 0 rings (SSSR count). The summed E-state index contributed by atoms with van der Waals surface area (Å²) in [7, 11) is 0. The van der Waals surface area contributed by atoms with Crippen molar-refractivity contribution in [3.8, 4) is 0 Å². The number of hydrogen-bond acceptors (Lipinski definition) is 4. The number of hydrogen-bond donors (Lipinski definition) is 3. The lowest BCUT2D eigenvalue weighted by Crippen LogP contribution is -2.29. The summed E-state index contributed by atoms with van der Waals surface area (Å²) in [6.07, 6.45) is 3.84. The molecule has 0 aromatic carbocycles. The molecule has 1 unspecified atom stereocenters. The van der Waals surface area contributed by atoms with E-state index >= 15 is 0 Å². The van der Waals surface area contributed by atoms with Gasteiger partial charge < -0.3 is 15.5 Å². The highest BCUT2D eigenvalue weighted by atomic mass is 32.2. The van der Waals surface area contributed by atoms with Crippen LogP contribution in [0.25, 0.3) is 0 Å². The van der Waals surface area contributed by atoms with Gasteiger partial charge in [0.25, 0.3) is 0 Å². The molecule has 0 radical (unpaired) electrons. The maximum atomic E-state index is 8.94. The molecule has 0 saturated heterocycles. The molecule has 1 atom stereocenters. The average Bonchev–Trinajstić information content (AvgIpc) is 2.10. The van der Waals surface area contributed by atoms with E-state index in [2.05, 4.69) is 11.6 Å². The van der Waals surface area contributed by atoms with Crippen LogP contribution in [0.4, 0.5) is 0 Å². The second-order valence-electron chi connectivity index (χ2n) is 2.74. The fourth-order valence-corrected chi connectivity index (χ4v) is 1.32. The predicted octanol–water partition coefficient (Wildman–Crippen LogP) is 0.0724. The summed E-state index contributed by atoms with van der Waals surface area (Å²) in [6.45, 7) is 1.27. The molecule has 74 valence electrons. The minimum atomic E-state index is -0.606. The monoisotopic (exact) mass is 193 g/mol. The van der Waals surface area contributed by atoms with Crippen molar-refractivity contribution < 1.29 is 10.2 Å². The SMILES string of the molecule is CSCCCCNCC(O)CO. The van der Waals surface area contributed by atoms with E-state index in [1.807, 2.05) is 11.8 Å². The van der Waals surface area contributed by atoms with Crippen LogP contribution in [0.5, 0.6) is 0 Å². The Morgan fingerprint density at radius 1 is 1.42 bits per heavy atom. The van der Waals surface area contributed by atoms with E-state index < -0.39 is 6.10 Å². The first kappa shape index (κ1) is 12.2. The van der Waals surface area contributed by atoms with E-state index in [0.717, 1.165) is 13.0 Å². The Kier molecular flexibility index (Phi) is 9.50. The molecule has 0 aromatic rings. The molecule has 0 fully saturated rings. The standard InChI is InChI=1S/C8H19NO2S/c1-12-5-3-2-4-9-6-8(11)7-10/h8-11H,2-7H2,1H3. The summed E-state index contributed by atoms with van der Waals surface area (Å²) in [5, 5.41) is 20.5. The predicted molar refractivity (Wildman–Crippen MR) is 53.6 cm³/mol. The summed E-state index contributed by atoms with van der Waals surface area (Å²) in [5.74, 6) is 1.20. The summed E-state index contributed by atoms with van der Waals surface area (Å²) < 4.78 is 0. The molecule has 0 aromatic heterocycles. The summed E-state index contributed by atoms with van der Waals surface area (Å²) in [4.78, 5) is 0. The Hall–Kier alpha value is 0.230. The van der Waals surface area contributed by atoms with Crippen LogP contribution >= 0.6 is 11.8 Å². The van der Waals surface area contributed by atoms with Gasteiger partial charge in [-0.25, -0.2) is 0 Å². The van der Waals surface area contributed by atoms with Gasteiger partial charge in [-0.2, -0.15) is 11.8 Å². The third kappa shape index (κ3) is 8.33. The van der Waals surface area contributed by atoms with Gasteiger partial charge >= 0.3 is 0 Å². The number of thioether (sulfide) groups is 1. The zero-order valence-electron chi connectivity index (χ0n) is 7.62. The summed E-state index contributed by atoms with van der Waals surface area (Å²) in [5.41, 5.74) is 0. The van der Waals surface area contributed by atoms with Crippen LogP contribution < -0.4 is 5.32 Å². The lowest BCUT2D eigenvalue weighted by Gasteiger charge is -2.07. The molecule has 3 N–H and O–H groups in total. The molecule has 4 heteroatoms. The van der Waals surface area contributed by atoms with E-state index in [1.54, 1.807) is 0 Å². The lowest BCUT2D eigenvalue weighted by atomic mass is 10.3. The first-order valence-electron chi connectivity index (χ1n) is 4.29. The van der Waals surface area contributed by atoms with Crippen LogP contribution in [0.2, 0.25) is 0 Å². The largest absolute Gasteiger partial charge is 0.394 e. The van der Waals surface area contributed by atoms with Gasteiger partial charge in [0.15, 0.2) is 0 Å². The highest BCUT2D eigenvalue weighted by Gasteiger charge is 1.98. The van der Waals surface area contributed by atoms with Crippen LogP contribution in [0.1, 0.15) is 12.8 Å². The van der Waals surface area contributed by atoms with Crippen molar-refractivity contribution >= 4 is 11.8 Å². The van der Waals surface area contributed by atoms with E-state index in [0.29, 0.717) is 6.54 Å². The van der Waals surface area contributed by atoms with Crippen molar-refractivity contribution in [1.29, 1.82) is 0 Å². The van der Waals surface area contributed by atoms with Gasteiger partial charge in [0.1, 0.15) is 0 Å².